The summed E-state index contributed by atoms with van der Waals surface area (Å²) in [5.41, 5.74) is 7.01. The van der Waals surface area contributed by atoms with Gasteiger partial charge in [0.15, 0.2) is 0 Å². The van der Waals surface area contributed by atoms with Gasteiger partial charge in [-0.2, -0.15) is 13.2 Å². The molecule has 1 saturated heterocycles. The molecule has 0 saturated carbocycles. The summed E-state index contributed by atoms with van der Waals surface area (Å²) in [7, 11) is 0. The van der Waals surface area contributed by atoms with Crippen LogP contribution in [0, 0.1) is 5.92 Å². The lowest BCUT2D eigenvalue weighted by atomic mass is 9.93. The highest BCUT2D eigenvalue weighted by molar-refractivity contribution is 5.94. The summed E-state index contributed by atoms with van der Waals surface area (Å²) >= 11 is 0. The Kier molecular flexibility index (Phi) is 4.49. The minimum Gasteiger partial charge on any atom is -0.476 e. The van der Waals surface area contributed by atoms with Crippen molar-refractivity contribution in [1.29, 1.82) is 0 Å². The summed E-state index contributed by atoms with van der Waals surface area (Å²) in [5, 5.41) is 0.714. The van der Waals surface area contributed by atoms with Gasteiger partial charge in [0.1, 0.15) is 5.52 Å². The van der Waals surface area contributed by atoms with E-state index < -0.39 is 18.1 Å². The standard InChI is InChI=1S/C16H19F3N4O/c1-2-24-15-14-12(4-3-5-21-14)13(7-22-15)23-8-10(16(17,18)19)6-11(20)9-23/h3-5,7,10-11H,2,6,8-9,20H2,1H3/t10-,11+/m0/s1. The van der Waals surface area contributed by atoms with Gasteiger partial charge in [-0.15, -0.1) is 0 Å². The Bertz CT molecular complexity index is 722. The van der Waals surface area contributed by atoms with E-state index in [4.69, 9.17) is 10.5 Å². The average molecular weight is 340 g/mol. The summed E-state index contributed by atoms with van der Waals surface area (Å²) in [6, 6.07) is 3.01. The first-order valence-electron chi connectivity index (χ1n) is 7.84. The van der Waals surface area contributed by atoms with E-state index in [1.54, 1.807) is 23.4 Å². The van der Waals surface area contributed by atoms with E-state index in [2.05, 4.69) is 9.97 Å². The van der Waals surface area contributed by atoms with Crippen LogP contribution >= 0.6 is 0 Å². The molecule has 0 radical (unpaired) electrons. The number of pyridine rings is 2. The fourth-order valence-corrected chi connectivity index (χ4v) is 3.10. The number of aromatic nitrogens is 2. The Labute approximate surface area is 137 Å². The molecule has 0 amide bonds. The first kappa shape index (κ1) is 16.8. The maximum atomic E-state index is 13.2. The lowest BCUT2D eigenvalue weighted by Crippen LogP contribution is -2.51. The number of piperidine rings is 1. The first-order valence-corrected chi connectivity index (χ1v) is 7.84. The molecule has 130 valence electrons. The van der Waals surface area contributed by atoms with E-state index in [1.165, 1.54) is 0 Å². The SMILES string of the molecule is CCOc1ncc(N2C[C@H](N)C[C@H](C(F)(F)F)C2)c2cccnc12. The van der Waals surface area contributed by atoms with Crippen LogP contribution < -0.4 is 15.4 Å². The van der Waals surface area contributed by atoms with Gasteiger partial charge in [0.05, 0.1) is 24.4 Å². The van der Waals surface area contributed by atoms with Crippen LogP contribution in [0.5, 0.6) is 5.88 Å². The van der Waals surface area contributed by atoms with Gasteiger partial charge in [-0.3, -0.25) is 4.98 Å². The third-order valence-corrected chi connectivity index (χ3v) is 4.16. The van der Waals surface area contributed by atoms with E-state index in [-0.39, 0.29) is 13.0 Å². The molecule has 3 rings (SSSR count). The molecule has 0 aliphatic carbocycles. The number of anilines is 1. The van der Waals surface area contributed by atoms with Crippen LogP contribution in [0.15, 0.2) is 24.5 Å². The first-order chi connectivity index (χ1) is 11.4. The minimum absolute atomic E-state index is 0.0549. The second-order valence-electron chi connectivity index (χ2n) is 5.92. The van der Waals surface area contributed by atoms with Crippen LogP contribution in [-0.4, -0.2) is 41.9 Å². The van der Waals surface area contributed by atoms with E-state index >= 15 is 0 Å². The maximum Gasteiger partial charge on any atom is 0.393 e. The van der Waals surface area contributed by atoms with Gasteiger partial charge in [0, 0.05) is 30.7 Å². The number of alkyl halides is 3. The molecular formula is C16H19F3N4O. The second-order valence-corrected chi connectivity index (χ2v) is 5.92. The van der Waals surface area contributed by atoms with E-state index in [1.807, 2.05) is 13.0 Å². The Balaban J connectivity index is 2.01. The van der Waals surface area contributed by atoms with Crippen molar-refractivity contribution < 1.29 is 17.9 Å². The highest BCUT2D eigenvalue weighted by Crippen LogP contribution is 2.37. The molecule has 2 aromatic heterocycles. The van der Waals surface area contributed by atoms with Crippen molar-refractivity contribution in [1.82, 2.24) is 9.97 Å². The predicted molar refractivity (Wildman–Crippen MR) is 85.1 cm³/mol. The van der Waals surface area contributed by atoms with Crippen LogP contribution in [0.3, 0.4) is 0 Å². The third kappa shape index (κ3) is 3.24. The van der Waals surface area contributed by atoms with Crippen LogP contribution in [0.4, 0.5) is 18.9 Å². The number of nitrogens with zero attached hydrogens (tertiary/aromatic N) is 3. The van der Waals surface area contributed by atoms with Crippen LogP contribution in [-0.2, 0) is 0 Å². The smallest absolute Gasteiger partial charge is 0.393 e. The second kappa shape index (κ2) is 6.43. The summed E-state index contributed by atoms with van der Waals surface area (Å²) in [5.74, 6) is -1.06. The number of hydrogen-bond acceptors (Lipinski definition) is 5. The van der Waals surface area contributed by atoms with Crippen molar-refractivity contribution in [2.45, 2.75) is 25.6 Å². The summed E-state index contributed by atoms with van der Waals surface area (Å²) in [4.78, 5) is 10.2. The Morgan fingerprint density at radius 1 is 1.33 bits per heavy atom. The average Bonchev–Trinajstić information content (AvgIpc) is 2.54. The largest absolute Gasteiger partial charge is 0.476 e. The molecule has 0 bridgehead atoms. The monoisotopic (exact) mass is 340 g/mol. The third-order valence-electron chi connectivity index (χ3n) is 4.16. The Hall–Kier alpha value is -2.09. The highest BCUT2D eigenvalue weighted by Gasteiger charge is 2.44. The zero-order chi connectivity index (χ0) is 17.3. The number of fused-ring (bicyclic) bond motifs is 1. The van der Waals surface area contributed by atoms with Gasteiger partial charge in [-0.1, -0.05) is 0 Å². The molecule has 1 aliphatic heterocycles. The molecule has 1 fully saturated rings. The number of halogens is 3. The molecule has 3 heterocycles. The van der Waals surface area contributed by atoms with Crippen LogP contribution in [0.25, 0.3) is 10.9 Å². The zero-order valence-corrected chi connectivity index (χ0v) is 13.3. The van der Waals surface area contributed by atoms with Gasteiger partial charge < -0.3 is 15.4 Å². The van der Waals surface area contributed by atoms with Gasteiger partial charge in [-0.05, 0) is 25.5 Å². The lowest BCUT2D eigenvalue weighted by Gasteiger charge is -2.38. The molecule has 1 aliphatic rings. The van der Waals surface area contributed by atoms with Crippen molar-refractivity contribution >= 4 is 16.6 Å². The molecule has 0 unspecified atom stereocenters. The maximum absolute atomic E-state index is 13.2. The normalized spacial score (nSPS) is 22.0. The van der Waals surface area contributed by atoms with E-state index in [0.29, 0.717) is 35.6 Å². The predicted octanol–water partition coefficient (Wildman–Crippen LogP) is 2.74. The topological polar surface area (TPSA) is 64.3 Å². The molecule has 24 heavy (non-hydrogen) atoms. The van der Waals surface area contributed by atoms with Crippen molar-refractivity contribution in [2.24, 2.45) is 11.7 Å². The summed E-state index contributed by atoms with van der Waals surface area (Å²) in [6.45, 7) is 2.49. The molecule has 2 aromatic rings. The summed E-state index contributed by atoms with van der Waals surface area (Å²) < 4.78 is 44.9. The van der Waals surface area contributed by atoms with Crippen LogP contribution in [0.1, 0.15) is 13.3 Å². The molecule has 0 aromatic carbocycles. The zero-order valence-electron chi connectivity index (χ0n) is 13.3. The highest BCUT2D eigenvalue weighted by atomic mass is 19.4. The molecule has 8 heteroatoms. The van der Waals surface area contributed by atoms with E-state index in [0.717, 1.165) is 0 Å². The van der Waals surface area contributed by atoms with Gasteiger partial charge >= 0.3 is 6.18 Å². The number of ether oxygens (including phenoxy) is 1. The van der Waals surface area contributed by atoms with Gasteiger partial charge in [0.25, 0.3) is 0 Å². The molecule has 2 N–H and O–H groups in total. The fourth-order valence-electron chi connectivity index (χ4n) is 3.10. The number of rotatable bonds is 3. The number of nitrogens with two attached hydrogens (primary N) is 1. The van der Waals surface area contributed by atoms with Crippen molar-refractivity contribution in [2.75, 3.05) is 24.6 Å². The van der Waals surface area contributed by atoms with Crippen molar-refractivity contribution in [3.63, 3.8) is 0 Å². The molecule has 0 spiro atoms. The quantitative estimate of drug-likeness (QED) is 0.931. The Morgan fingerprint density at radius 3 is 2.83 bits per heavy atom. The lowest BCUT2D eigenvalue weighted by molar-refractivity contribution is -0.177. The summed E-state index contributed by atoms with van der Waals surface area (Å²) in [6.07, 6.45) is -1.17. The number of hydrogen-bond donors (Lipinski definition) is 1. The molecular weight excluding hydrogens is 321 g/mol. The van der Waals surface area contributed by atoms with Gasteiger partial charge in [0.2, 0.25) is 5.88 Å². The molecule has 5 nitrogen and oxygen atoms in total. The fraction of sp³-hybridized carbons (Fsp3) is 0.500. The molecule has 2 atom stereocenters. The van der Waals surface area contributed by atoms with Crippen molar-refractivity contribution in [3.05, 3.63) is 24.5 Å². The van der Waals surface area contributed by atoms with Crippen molar-refractivity contribution in [3.8, 4) is 5.88 Å². The van der Waals surface area contributed by atoms with E-state index in [9.17, 15) is 13.2 Å². The Morgan fingerprint density at radius 2 is 2.12 bits per heavy atom. The minimum atomic E-state index is -4.26. The van der Waals surface area contributed by atoms with Gasteiger partial charge in [-0.25, -0.2) is 4.98 Å². The van der Waals surface area contributed by atoms with Crippen LogP contribution in [0.2, 0.25) is 0 Å².